The Bertz CT molecular complexity index is 1620. The van der Waals surface area contributed by atoms with E-state index in [-0.39, 0.29) is 31.6 Å². The van der Waals surface area contributed by atoms with Crippen molar-refractivity contribution in [2.24, 2.45) is 0 Å². The summed E-state index contributed by atoms with van der Waals surface area (Å²) >= 11 is 0. The molecular formula is C75H128O6. The highest BCUT2D eigenvalue weighted by Crippen LogP contribution is 2.17. The van der Waals surface area contributed by atoms with Crippen molar-refractivity contribution in [1.29, 1.82) is 0 Å². The van der Waals surface area contributed by atoms with Crippen molar-refractivity contribution >= 4 is 17.9 Å². The van der Waals surface area contributed by atoms with Gasteiger partial charge in [0.2, 0.25) is 0 Å². The van der Waals surface area contributed by atoms with Crippen LogP contribution in [0.3, 0.4) is 0 Å². The van der Waals surface area contributed by atoms with Gasteiger partial charge in [0.1, 0.15) is 13.2 Å². The maximum Gasteiger partial charge on any atom is 0.310 e. The maximum atomic E-state index is 12.8. The second-order valence-corrected chi connectivity index (χ2v) is 22.7. The smallest absolute Gasteiger partial charge is 0.310 e. The number of rotatable bonds is 62. The number of esters is 3. The molecule has 0 radical (unpaired) electrons. The minimum atomic E-state index is -0.839. The number of carbonyl (C=O) groups is 3. The quantitative estimate of drug-likeness (QED) is 0.0261. The molecule has 0 aliphatic rings. The third kappa shape index (κ3) is 66.8. The Balaban J connectivity index is 4.22. The first-order valence-corrected chi connectivity index (χ1v) is 34.4. The van der Waals surface area contributed by atoms with E-state index in [1.54, 1.807) is 6.08 Å². The van der Waals surface area contributed by atoms with Crippen LogP contribution in [0.1, 0.15) is 329 Å². The van der Waals surface area contributed by atoms with E-state index in [1.807, 2.05) is 6.08 Å². The van der Waals surface area contributed by atoms with Gasteiger partial charge in [-0.05, 0) is 109 Å². The lowest BCUT2D eigenvalue weighted by molar-refractivity contribution is -0.166. The summed E-state index contributed by atoms with van der Waals surface area (Å²) in [5.41, 5.74) is 0. The van der Waals surface area contributed by atoms with Crippen molar-refractivity contribution in [1.82, 2.24) is 0 Å². The number of hydrogen-bond acceptors (Lipinski definition) is 6. The molecule has 0 bridgehead atoms. The van der Waals surface area contributed by atoms with Gasteiger partial charge in [-0.1, -0.05) is 310 Å². The van der Waals surface area contributed by atoms with E-state index in [0.29, 0.717) is 12.8 Å². The van der Waals surface area contributed by atoms with Crippen LogP contribution >= 0.6 is 0 Å². The number of allylic oxidation sites excluding steroid dienone is 17. The van der Waals surface area contributed by atoms with Crippen LogP contribution in [0.4, 0.5) is 0 Å². The highest BCUT2D eigenvalue weighted by atomic mass is 16.6. The molecule has 0 aromatic heterocycles. The van der Waals surface area contributed by atoms with Crippen molar-refractivity contribution in [2.75, 3.05) is 13.2 Å². The van der Waals surface area contributed by atoms with Crippen LogP contribution in [0.5, 0.6) is 0 Å². The summed E-state index contributed by atoms with van der Waals surface area (Å²) in [4.78, 5) is 38.2. The molecule has 464 valence electrons. The van der Waals surface area contributed by atoms with Gasteiger partial charge in [-0.3, -0.25) is 14.4 Å². The molecule has 81 heavy (non-hydrogen) atoms. The fourth-order valence-corrected chi connectivity index (χ4v) is 9.64. The fraction of sp³-hybridized carbons (Fsp3) is 0.720. The monoisotopic (exact) mass is 1120 g/mol. The first-order valence-electron chi connectivity index (χ1n) is 34.4. The molecule has 0 saturated heterocycles. The summed E-state index contributed by atoms with van der Waals surface area (Å²) in [5, 5.41) is 0. The summed E-state index contributed by atoms with van der Waals surface area (Å²) < 4.78 is 16.8. The lowest BCUT2D eigenvalue weighted by Gasteiger charge is -2.18. The molecule has 1 unspecified atom stereocenters. The highest BCUT2D eigenvalue weighted by molar-refractivity contribution is 5.72. The third-order valence-corrected chi connectivity index (χ3v) is 14.8. The van der Waals surface area contributed by atoms with Crippen molar-refractivity contribution in [3.63, 3.8) is 0 Å². The van der Waals surface area contributed by atoms with E-state index in [1.165, 1.54) is 186 Å². The first-order chi connectivity index (χ1) is 40.0. The van der Waals surface area contributed by atoms with E-state index in [0.717, 1.165) is 103 Å². The summed E-state index contributed by atoms with van der Waals surface area (Å²) in [5.74, 6) is -1.06. The second kappa shape index (κ2) is 68.6. The van der Waals surface area contributed by atoms with Crippen LogP contribution < -0.4 is 0 Å². The second-order valence-electron chi connectivity index (χ2n) is 22.7. The fourth-order valence-electron chi connectivity index (χ4n) is 9.64. The predicted octanol–water partition coefficient (Wildman–Crippen LogP) is 23.8. The summed E-state index contributed by atoms with van der Waals surface area (Å²) in [6.07, 6.45) is 94.4. The van der Waals surface area contributed by atoms with E-state index in [9.17, 15) is 14.4 Å². The van der Waals surface area contributed by atoms with Crippen LogP contribution in [0.15, 0.2) is 109 Å². The Hall–Kier alpha value is -3.93. The van der Waals surface area contributed by atoms with Crippen LogP contribution in [0, 0.1) is 0 Å². The van der Waals surface area contributed by atoms with Crippen molar-refractivity contribution in [2.45, 2.75) is 335 Å². The molecule has 0 fully saturated rings. The van der Waals surface area contributed by atoms with Gasteiger partial charge in [0, 0.05) is 12.8 Å². The molecule has 0 saturated carbocycles. The van der Waals surface area contributed by atoms with Crippen LogP contribution in [-0.2, 0) is 28.6 Å². The largest absolute Gasteiger partial charge is 0.462 e. The Labute approximate surface area is 501 Å². The number of carbonyl (C=O) groups excluding carboxylic acids is 3. The molecule has 1 atom stereocenters. The molecule has 0 aromatic carbocycles. The van der Waals surface area contributed by atoms with Gasteiger partial charge >= 0.3 is 17.9 Å². The SMILES string of the molecule is CC/C=C\C/C=C\C/C=C\C/C=C\C/C=C\CC(=O)OC(COC(=O)CCCCCCC/C=C\C/C=C\CCCCC)COC(=O)CCCCCCCCCCCCCCCCCCCCCCC/C=C\C/C=C\CCCCCCC. The highest BCUT2D eigenvalue weighted by Gasteiger charge is 2.19. The molecule has 0 aliphatic heterocycles. The average Bonchev–Trinajstić information content (AvgIpc) is 3.47. The summed E-state index contributed by atoms with van der Waals surface area (Å²) in [6.45, 7) is 6.42. The number of hydrogen-bond donors (Lipinski definition) is 0. The Morgan fingerprint density at radius 2 is 0.519 bits per heavy atom. The molecule has 0 rings (SSSR count). The van der Waals surface area contributed by atoms with Crippen LogP contribution in [-0.4, -0.2) is 37.2 Å². The third-order valence-electron chi connectivity index (χ3n) is 14.8. The minimum absolute atomic E-state index is 0.0930. The predicted molar refractivity (Wildman–Crippen MR) is 353 cm³/mol. The van der Waals surface area contributed by atoms with Gasteiger partial charge in [0.25, 0.3) is 0 Å². The van der Waals surface area contributed by atoms with Gasteiger partial charge in [0.15, 0.2) is 6.10 Å². The zero-order valence-corrected chi connectivity index (χ0v) is 53.3. The van der Waals surface area contributed by atoms with Gasteiger partial charge in [-0.25, -0.2) is 0 Å². The molecule has 6 heteroatoms. The zero-order chi connectivity index (χ0) is 58.5. The lowest BCUT2D eigenvalue weighted by Crippen LogP contribution is -2.30. The maximum absolute atomic E-state index is 12.8. The molecule has 0 spiro atoms. The Morgan fingerprint density at radius 3 is 0.840 bits per heavy atom. The molecule has 0 N–H and O–H groups in total. The van der Waals surface area contributed by atoms with Crippen molar-refractivity contribution in [3.05, 3.63) is 109 Å². The minimum Gasteiger partial charge on any atom is -0.462 e. The van der Waals surface area contributed by atoms with E-state index in [4.69, 9.17) is 14.2 Å². The average molecular weight is 1130 g/mol. The first kappa shape index (κ1) is 77.1. The molecule has 0 heterocycles. The van der Waals surface area contributed by atoms with Crippen molar-refractivity contribution in [3.8, 4) is 0 Å². The number of ether oxygens (including phenoxy) is 3. The van der Waals surface area contributed by atoms with E-state index < -0.39 is 12.1 Å². The van der Waals surface area contributed by atoms with Gasteiger partial charge in [-0.2, -0.15) is 0 Å². The van der Waals surface area contributed by atoms with E-state index in [2.05, 4.69) is 118 Å². The van der Waals surface area contributed by atoms with E-state index >= 15 is 0 Å². The summed E-state index contributed by atoms with van der Waals surface area (Å²) in [7, 11) is 0. The van der Waals surface area contributed by atoms with Gasteiger partial charge in [-0.15, -0.1) is 0 Å². The molecule has 0 amide bonds. The standard InChI is InChI=1S/C75H128O6/c1-4-7-10-13-16-19-22-25-28-29-30-31-32-33-34-35-36-37-38-39-40-41-42-43-44-45-48-50-53-56-59-62-65-68-74(77)80-71-72(81-75(78)69-66-63-60-57-54-51-47-27-24-21-18-15-12-9-6-3)70-79-73(76)67-64-61-58-55-52-49-46-26-23-20-17-14-11-8-5-2/h9,12,17-18,20-22,25-27,29-30,46-47,54,57,63,66,72H,4-8,10-11,13-16,19,23-24,28,31-45,48-53,55-56,58-62,64-65,67-71H2,1-3H3/b12-9-,20-17-,21-18-,25-22-,30-29-,46-26-,47-27-,57-54-,66-63-. The van der Waals surface area contributed by atoms with Gasteiger partial charge in [0.05, 0.1) is 6.42 Å². The van der Waals surface area contributed by atoms with Crippen LogP contribution in [0.25, 0.3) is 0 Å². The Morgan fingerprint density at radius 1 is 0.272 bits per heavy atom. The molecule has 6 nitrogen and oxygen atoms in total. The lowest BCUT2D eigenvalue weighted by atomic mass is 10.0. The van der Waals surface area contributed by atoms with Crippen LogP contribution in [0.2, 0.25) is 0 Å². The summed E-state index contributed by atoms with van der Waals surface area (Å²) in [6, 6.07) is 0. The molecular weight excluding hydrogens is 997 g/mol. The number of unbranched alkanes of at least 4 members (excludes halogenated alkanes) is 34. The van der Waals surface area contributed by atoms with Gasteiger partial charge < -0.3 is 14.2 Å². The molecule has 0 aliphatic carbocycles. The normalized spacial score (nSPS) is 12.8. The van der Waals surface area contributed by atoms with Crippen molar-refractivity contribution < 1.29 is 28.6 Å². The molecule has 0 aromatic rings. The Kier molecular flexibility index (Phi) is 65.2. The topological polar surface area (TPSA) is 78.9 Å². The zero-order valence-electron chi connectivity index (χ0n) is 53.3.